The van der Waals surface area contributed by atoms with Crippen molar-refractivity contribution in [3.8, 4) is 0 Å². The number of carbonyl (C=O) groups excluding carboxylic acids is 1. The monoisotopic (exact) mass is 373 g/mol. The molecule has 0 fully saturated rings. The Morgan fingerprint density at radius 1 is 1.20 bits per heavy atom. The normalized spacial score (nSPS) is 10.5. The van der Waals surface area contributed by atoms with Gasteiger partial charge in [-0.2, -0.15) is 0 Å². The summed E-state index contributed by atoms with van der Waals surface area (Å²) in [6, 6.07) is 13.7. The lowest BCUT2D eigenvalue weighted by Gasteiger charge is -2.08. The maximum atomic E-state index is 12.9. The van der Waals surface area contributed by atoms with E-state index in [-0.39, 0.29) is 18.1 Å². The van der Waals surface area contributed by atoms with Gasteiger partial charge >= 0.3 is 0 Å². The second-order valence-corrected chi connectivity index (χ2v) is 6.91. The van der Waals surface area contributed by atoms with Gasteiger partial charge in [0.2, 0.25) is 5.91 Å². The topological polar surface area (TPSA) is 54.0 Å². The number of hydrogen-bond acceptors (Lipinski definition) is 5. The number of thioether (sulfide) groups is 1. The van der Waals surface area contributed by atoms with Crippen LogP contribution < -0.4 is 10.6 Å². The fraction of sp³-hybridized carbons (Fsp3) is 0.111. The van der Waals surface area contributed by atoms with E-state index in [4.69, 9.17) is 0 Å². The predicted octanol–water partition coefficient (Wildman–Crippen LogP) is 4.93. The highest BCUT2D eigenvalue weighted by Crippen LogP contribution is 2.25. The molecule has 1 amide bonds. The summed E-state index contributed by atoms with van der Waals surface area (Å²) in [5.41, 5.74) is 2.24. The maximum absolute atomic E-state index is 12.9. The van der Waals surface area contributed by atoms with E-state index in [0.29, 0.717) is 10.8 Å². The van der Waals surface area contributed by atoms with Crippen LogP contribution in [-0.2, 0) is 11.2 Å². The molecule has 0 radical (unpaired) electrons. The van der Waals surface area contributed by atoms with Crippen LogP contribution in [0.3, 0.4) is 0 Å². The van der Waals surface area contributed by atoms with Crippen LogP contribution in [0.1, 0.15) is 5.69 Å². The first kappa shape index (κ1) is 17.4. The van der Waals surface area contributed by atoms with E-state index >= 15 is 0 Å². The Bertz CT molecular complexity index is 865. The number of halogens is 1. The molecular weight excluding hydrogens is 357 g/mol. The first-order chi connectivity index (χ1) is 12.1. The van der Waals surface area contributed by atoms with Gasteiger partial charge in [-0.3, -0.25) is 4.79 Å². The maximum Gasteiger partial charge on any atom is 0.230 e. The third-order valence-corrected chi connectivity index (χ3v) is 4.97. The summed E-state index contributed by atoms with van der Waals surface area (Å²) in [6.45, 7) is 0. The lowest BCUT2D eigenvalue weighted by Crippen LogP contribution is -2.15. The molecule has 0 bridgehead atoms. The van der Waals surface area contributed by atoms with Crippen molar-refractivity contribution in [3.63, 3.8) is 0 Å². The van der Waals surface area contributed by atoms with Gasteiger partial charge in [-0.05, 0) is 42.7 Å². The first-order valence-corrected chi connectivity index (χ1v) is 9.64. The Labute approximate surface area is 153 Å². The molecule has 0 saturated heterocycles. The summed E-state index contributed by atoms with van der Waals surface area (Å²) < 4.78 is 12.9. The first-order valence-electron chi connectivity index (χ1n) is 7.54. The summed E-state index contributed by atoms with van der Waals surface area (Å²) in [4.78, 5) is 17.7. The lowest BCUT2D eigenvalue weighted by molar-refractivity contribution is -0.115. The largest absolute Gasteiger partial charge is 0.332 e. The number of carbonyl (C=O) groups is 1. The van der Waals surface area contributed by atoms with Crippen LogP contribution in [0.4, 0.5) is 20.9 Å². The summed E-state index contributed by atoms with van der Waals surface area (Å²) in [5.74, 6) is -0.396. The van der Waals surface area contributed by atoms with E-state index in [0.717, 1.165) is 16.3 Å². The minimum absolute atomic E-state index is 0.111. The van der Waals surface area contributed by atoms with Crippen LogP contribution in [0.15, 0.2) is 58.8 Å². The van der Waals surface area contributed by atoms with Crippen molar-refractivity contribution in [3.05, 3.63) is 65.4 Å². The van der Waals surface area contributed by atoms with Gasteiger partial charge in [0.25, 0.3) is 0 Å². The molecule has 1 heterocycles. The average molecular weight is 373 g/mol. The Morgan fingerprint density at radius 3 is 2.72 bits per heavy atom. The number of nitrogens with zero attached hydrogens (tertiary/aromatic N) is 1. The molecule has 0 unspecified atom stereocenters. The number of benzene rings is 2. The van der Waals surface area contributed by atoms with Crippen LogP contribution in [0.2, 0.25) is 0 Å². The van der Waals surface area contributed by atoms with Crippen molar-refractivity contribution >= 4 is 45.5 Å². The van der Waals surface area contributed by atoms with Crippen LogP contribution in [0.25, 0.3) is 0 Å². The fourth-order valence-corrected chi connectivity index (χ4v) is 3.49. The molecule has 0 aliphatic carbocycles. The number of rotatable bonds is 6. The van der Waals surface area contributed by atoms with Gasteiger partial charge in [0, 0.05) is 16.0 Å². The van der Waals surface area contributed by atoms with E-state index in [9.17, 15) is 9.18 Å². The summed E-state index contributed by atoms with van der Waals surface area (Å²) >= 11 is 2.99. The second-order valence-electron chi connectivity index (χ2n) is 5.20. The van der Waals surface area contributed by atoms with Gasteiger partial charge in [0.1, 0.15) is 5.82 Å². The van der Waals surface area contributed by atoms with Crippen molar-refractivity contribution < 1.29 is 9.18 Å². The predicted molar refractivity (Wildman–Crippen MR) is 102 cm³/mol. The number of thiazole rings is 1. The molecule has 1 aromatic heterocycles. The minimum atomic E-state index is -0.285. The summed E-state index contributed by atoms with van der Waals surface area (Å²) in [7, 11) is 0. The molecule has 0 spiro atoms. The summed E-state index contributed by atoms with van der Waals surface area (Å²) in [6.07, 6.45) is 2.17. The van der Waals surface area contributed by atoms with E-state index in [1.807, 2.05) is 35.9 Å². The third kappa shape index (κ3) is 4.80. The third-order valence-electron chi connectivity index (χ3n) is 3.37. The Hall–Kier alpha value is -2.38. The van der Waals surface area contributed by atoms with Crippen LogP contribution >= 0.6 is 23.1 Å². The van der Waals surface area contributed by atoms with Crippen molar-refractivity contribution in [1.82, 2.24) is 4.98 Å². The number of aromatic nitrogens is 1. The second kappa shape index (κ2) is 8.13. The molecular formula is C18H16FN3OS2. The van der Waals surface area contributed by atoms with Gasteiger partial charge < -0.3 is 10.6 Å². The number of hydrogen-bond donors (Lipinski definition) is 2. The van der Waals surface area contributed by atoms with Gasteiger partial charge in [-0.15, -0.1) is 23.1 Å². The Morgan fingerprint density at radius 2 is 1.96 bits per heavy atom. The number of amides is 1. The van der Waals surface area contributed by atoms with E-state index in [1.165, 1.54) is 23.5 Å². The highest BCUT2D eigenvalue weighted by Gasteiger charge is 2.10. The van der Waals surface area contributed by atoms with E-state index in [1.54, 1.807) is 23.9 Å². The van der Waals surface area contributed by atoms with Gasteiger partial charge in [-0.1, -0.05) is 12.1 Å². The van der Waals surface area contributed by atoms with Gasteiger partial charge in [0.15, 0.2) is 5.13 Å². The molecule has 0 aliphatic heterocycles. The van der Waals surface area contributed by atoms with E-state index < -0.39 is 0 Å². The Balaban J connectivity index is 1.61. The standard InChI is InChI=1S/C18H16FN3OS2/c1-24-16-5-3-2-4-15(16)22-17(23)10-14-11-25-18(21-14)20-13-8-6-12(19)7-9-13/h2-9,11H,10H2,1H3,(H,20,21)(H,22,23). The van der Waals surface area contributed by atoms with Crippen molar-refractivity contribution in [1.29, 1.82) is 0 Å². The van der Waals surface area contributed by atoms with Crippen molar-refractivity contribution in [2.24, 2.45) is 0 Å². The van der Waals surface area contributed by atoms with Gasteiger partial charge in [-0.25, -0.2) is 9.37 Å². The lowest BCUT2D eigenvalue weighted by atomic mass is 10.3. The molecule has 7 heteroatoms. The molecule has 2 N–H and O–H groups in total. The van der Waals surface area contributed by atoms with Crippen LogP contribution in [0.5, 0.6) is 0 Å². The van der Waals surface area contributed by atoms with Crippen molar-refractivity contribution in [2.45, 2.75) is 11.3 Å². The highest BCUT2D eigenvalue weighted by molar-refractivity contribution is 7.98. The number of para-hydroxylation sites is 1. The zero-order valence-electron chi connectivity index (χ0n) is 13.5. The smallest absolute Gasteiger partial charge is 0.230 e. The fourth-order valence-electron chi connectivity index (χ4n) is 2.21. The molecule has 4 nitrogen and oxygen atoms in total. The molecule has 0 saturated carbocycles. The SMILES string of the molecule is CSc1ccccc1NC(=O)Cc1csc(Nc2ccc(F)cc2)n1. The average Bonchev–Trinajstić information content (AvgIpc) is 3.04. The van der Waals surface area contributed by atoms with E-state index in [2.05, 4.69) is 15.6 Å². The Kier molecular flexibility index (Phi) is 5.67. The molecule has 0 atom stereocenters. The molecule has 128 valence electrons. The molecule has 3 rings (SSSR count). The quantitative estimate of drug-likeness (QED) is 0.602. The highest BCUT2D eigenvalue weighted by atomic mass is 32.2. The summed E-state index contributed by atoms with van der Waals surface area (Å²) in [5, 5.41) is 8.52. The molecule has 0 aliphatic rings. The minimum Gasteiger partial charge on any atom is -0.332 e. The number of nitrogens with one attached hydrogen (secondary N) is 2. The molecule has 3 aromatic rings. The molecule has 2 aromatic carbocycles. The van der Waals surface area contributed by atoms with Crippen LogP contribution in [0, 0.1) is 5.82 Å². The van der Waals surface area contributed by atoms with Crippen molar-refractivity contribution in [2.75, 3.05) is 16.9 Å². The van der Waals surface area contributed by atoms with Crippen LogP contribution in [-0.4, -0.2) is 17.1 Å². The molecule has 25 heavy (non-hydrogen) atoms. The zero-order valence-corrected chi connectivity index (χ0v) is 15.1. The zero-order chi connectivity index (χ0) is 17.6. The number of anilines is 3. The van der Waals surface area contributed by atoms with Gasteiger partial charge in [0.05, 0.1) is 17.8 Å².